The van der Waals surface area contributed by atoms with Crippen LogP contribution in [0.15, 0.2) is 104 Å². The van der Waals surface area contributed by atoms with Gasteiger partial charge in [0.05, 0.1) is 29.7 Å². The largest absolute Gasteiger partial charge is 2.00 e. The van der Waals surface area contributed by atoms with Gasteiger partial charge in [0.2, 0.25) is 0 Å². The first-order valence-corrected chi connectivity index (χ1v) is 13.9. The SMILES string of the molecule is COc1cccc(N(c2ccccn2)c2cc(C(=O)O)ccn2)c1.N#C[S-].N#C[S-].O=COc1ccnc(-c2cc(OC=O)ccn2)c1.[Ru+2]. The Balaban J connectivity index is 0.000000426. The van der Waals surface area contributed by atoms with Crippen molar-refractivity contribution in [2.45, 2.75) is 0 Å². The third-order valence-corrected chi connectivity index (χ3v) is 5.51. The summed E-state index contributed by atoms with van der Waals surface area (Å²) >= 11 is 7.40. The molecule has 248 valence electrons. The molecular formula is C32H23N7O7RuS2. The summed E-state index contributed by atoms with van der Waals surface area (Å²) in [6.07, 6.45) is 6.12. The Morgan fingerprint density at radius 2 is 1.29 bits per heavy atom. The van der Waals surface area contributed by atoms with Crippen LogP contribution in [-0.4, -0.2) is 51.1 Å². The van der Waals surface area contributed by atoms with Crippen molar-refractivity contribution >= 4 is 61.5 Å². The third kappa shape index (κ3) is 13.6. The molecule has 17 heteroatoms. The number of benzene rings is 1. The Kier molecular flexibility index (Phi) is 19.4. The molecule has 0 bridgehead atoms. The Labute approximate surface area is 304 Å². The normalized spacial score (nSPS) is 8.80. The van der Waals surface area contributed by atoms with Crippen molar-refractivity contribution in [1.82, 2.24) is 19.9 Å². The summed E-state index contributed by atoms with van der Waals surface area (Å²) in [5.41, 5.74) is 1.93. The molecule has 0 unspecified atom stereocenters. The van der Waals surface area contributed by atoms with E-state index < -0.39 is 5.97 Å². The maximum absolute atomic E-state index is 11.3. The van der Waals surface area contributed by atoms with Crippen molar-refractivity contribution in [3.8, 4) is 39.4 Å². The monoisotopic (exact) mass is 783 g/mol. The predicted molar refractivity (Wildman–Crippen MR) is 177 cm³/mol. The van der Waals surface area contributed by atoms with E-state index in [0.29, 0.717) is 53.2 Å². The van der Waals surface area contributed by atoms with Crippen LogP contribution in [0.4, 0.5) is 17.3 Å². The zero-order valence-corrected chi connectivity index (χ0v) is 28.5. The first kappa shape index (κ1) is 40.9. The van der Waals surface area contributed by atoms with Crippen molar-refractivity contribution in [3.05, 3.63) is 109 Å². The molecule has 0 radical (unpaired) electrons. The van der Waals surface area contributed by atoms with Crippen LogP contribution in [0.2, 0.25) is 0 Å². The minimum atomic E-state index is -1.01. The molecule has 4 heterocycles. The van der Waals surface area contributed by atoms with Crippen LogP contribution in [0.3, 0.4) is 0 Å². The summed E-state index contributed by atoms with van der Waals surface area (Å²) in [4.78, 5) is 50.4. The smallest absolute Gasteiger partial charge is 0.696 e. The van der Waals surface area contributed by atoms with Crippen LogP contribution in [0.1, 0.15) is 10.4 Å². The summed E-state index contributed by atoms with van der Waals surface area (Å²) in [7, 11) is 1.59. The summed E-state index contributed by atoms with van der Waals surface area (Å²) < 4.78 is 14.7. The average molecular weight is 783 g/mol. The number of nitrogens with zero attached hydrogens (tertiary/aromatic N) is 7. The number of anilines is 3. The molecule has 49 heavy (non-hydrogen) atoms. The molecule has 1 N–H and O–H groups in total. The number of hydrogen-bond acceptors (Lipinski definition) is 15. The van der Waals surface area contributed by atoms with Gasteiger partial charge in [0.15, 0.2) is 0 Å². The molecule has 4 aromatic heterocycles. The Bertz CT molecular complexity index is 1810. The van der Waals surface area contributed by atoms with Gasteiger partial charge in [0.25, 0.3) is 12.9 Å². The number of rotatable bonds is 10. The van der Waals surface area contributed by atoms with Gasteiger partial charge in [-0.25, -0.2) is 25.3 Å². The molecule has 5 rings (SSSR count). The first-order chi connectivity index (χ1) is 23.3. The average Bonchev–Trinajstić information content (AvgIpc) is 3.11. The molecule has 0 atom stereocenters. The molecule has 0 aliphatic heterocycles. The molecule has 1 aromatic carbocycles. The number of carboxylic acids is 1. The summed E-state index contributed by atoms with van der Waals surface area (Å²) in [6, 6.07) is 22.1. The van der Waals surface area contributed by atoms with Gasteiger partial charge in [-0.1, -0.05) is 22.9 Å². The number of thiocyanates is 2. The molecule has 0 amide bonds. The number of ether oxygens (including phenoxy) is 3. The Morgan fingerprint density at radius 1 is 0.735 bits per heavy atom. The van der Waals surface area contributed by atoms with Crippen molar-refractivity contribution in [1.29, 1.82) is 10.5 Å². The van der Waals surface area contributed by atoms with Gasteiger partial charge >= 0.3 is 25.4 Å². The number of carboxylic acid groups (broad SMARTS) is 1. The quantitative estimate of drug-likeness (QED) is 0.0867. The predicted octanol–water partition coefficient (Wildman–Crippen LogP) is 4.89. The van der Waals surface area contributed by atoms with Gasteiger partial charge in [-0.15, -0.1) is 0 Å². The maximum atomic E-state index is 11.3. The number of nitriles is 2. The van der Waals surface area contributed by atoms with E-state index in [1.54, 1.807) is 42.5 Å². The number of methoxy groups -OCH3 is 1. The number of hydrogen-bond donors (Lipinski definition) is 1. The van der Waals surface area contributed by atoms with Gasteiger partial charge in [-0.05, 0) is 48.5 Å². The van der Waals surface area contributed by atoms with Gasteiger partial charge in [-0.2, -0.15) is 0 Å². The first-order valence-electron chi connectivity index (χ1n) is 13.1. The Morgan fingerprint density at radius 3 is 1.78 bits per heavy atom. The van der Waals surface area contributed by atoms with E-state index in [1.165, 1.54) is 41.5 Å². The van der Waals surface area contributed by atoms with E-state index in [9.17, 15) is 19.5 Å². The van der Waals surface area contributed by atoms with Crippen LogP contribution in [0.25, 0.3) is 11.4 Å². The fourth-order valence-corrected chi connectivity index (χ4v) is 3.65. The van der Waals surface area contributed by atoms with E-state index >= 15 is 0 Å². The molecule has 0 saturated carbocycles. The van der Waals surface area contributed by atoms with Gasteiger partial charge in [0.1, 0.15) is 28.9 Å². The van der Waals surface area contributed by atoms with Crippen molar-refractivity contribution in [2.24, 2.45) is 0 Å². The van der Waals surface area contributed by atoms with Crippen LogP contribution < -0.4 is 19.1 Å². The molecule has 0 aliphatic carbocycles. The number of aromatic carboxylic acids is 1. The van der Waals surface area contributed by atoms with Gasteiger partial charge < -0.3 is 44.6 Å². The fraction of sp³-hybridized carbons (Fsp3) is 0.0312. The molecule has 5 aromatic rings. The number of carbonyl (C=O) groups excluding carboxylic acids is 2. The summed E-state index contributed by atoms with van der Waals surface area (Å²) in [5, 5.41) is 26.2. The van der Waals surface area contributed by atoms with E-state index in [4.69, 9.17) is 24.7 Å². The van der Waals surface area contributed by atoms with Crippen molar-refractivity contribution in [2.75, 3.05) is 12.0 Å². The third-order valence-electron chi connectivity index (χ3n) is 5.51. The van der Waals surface area contributed by atoms with Crippen LogP contribution in [0.5, 0.6) is 17.2 Å². The van der Waals surface area contributed by atoms with E-state index in [2.05, 4.69) is 45.2 Å². The van der Waals surface area contributed by atoms with Crippen LogP contribution >= 0.6 is 0 Å². The van der Waals surface area contributed by atoms with E-state index in [-0.39, 0.29) is 25.0 Å². The Hall–Kier alpha value is -6.13. The molecular weight excluding hydrogens is 760 g/mol. The molecule has 14 nitrogen and oxygen atoms in total. The maximum Gasteiger partial charge on any atom is 2.00 e. The number of carbonyl (C=O) groups is 3. The number of pyridine rings is 4. The number of aromatic nitrogens is 4. The topological polar surface area (TPSA) is 202 Å². The van der Waals surface area contributed by atoms with Crippen molar-refractivity contribution in [3.63, 3.8) is 0 Å². The summed E-state index contributed by atoms with van der Waals surface area (Å²) in [6.45, 7) is 0.664. The van der Waals surface area contributed by atoms with Crippen LogP contribution in [-0.2, 0) is 54.3 Å². The second-order valence-electron chi connectivity index (χ2n) is 8.30. The standard InChI is InChI=1S/C18H15N3O3.C12H8N2O4.2CHNS.Ru/c1-24-15-6-4-5-14(12-15)21(16-7-2-3-9-19-16)17-11-13(18(22)23)8-10-20-17;15-7-17-9-1-3-13-11(5-9)12-6-10(18-8-16)2-4-14-12;2*2-1-3;/h2-12H,1H3,(H,22,23);1-8H;2*3H;/q;;;;+2/p-2. The van der Waals surface area contributed by atoms with E-state index in [0.717, 1.165) is 5.69 Å². The molecule has 0 fully saturated rings. The zero-order valence-electron chi connectivity index (χ0n) is 25.2. The van der Waals surface area contributed by atoms with Gasteiger partial charge in [-0.3, -0.25) is 24.5 Å². The molecule has 0 spiro atoms. The molecule has 0 aliphatic rings. The second-order valence-corrected chi connectivity index (χ2v) is 8.66. The molecule has 0 saturated heterocycles. The minimum Gasteiger partial charge on any atom is -0.696 e. The van der Waals surface area contributed by atoms with Crippen LogP contribution in [0, 0.1) is 21.3 Å². The van der Waals surface area contributed by atoms with Gasteiger partial charge in [0, 0.05) is 43.0 Å². The van der Waals surface area contributed by atoms with Crippen molar-refractivity contribution < 1.29 is 53.2 Å². The fourth-order valence-electron chi connectivity index (χ4n) is 3.65. The van der Waals surface area contributed by atoms with E-state index in [1.807, 2.05) is 42.5 Å². The summed E-state index contributed by atoms with van der Waals surface area (Å²) in [5.74, 6) is 1.48. The zero-order chi connectivity index (χ0) is 35.1. The minimum absolute atomic E-state index is 0. The second kappa shape index (κ2) is 23.2.